The minimum Gasteiger partial charge on any atom is -0.166 e. The molecule has 0 amide bonds. The Bertz CT molecular complexity index is 665. The third kappa shape index (κ3) is 3.17. The van der Waals surface area contributed by atoms with Crippen LogP contribution < -0.4 is 0 Å². The molecule has 0 unspecified atom stereocenters. The van der Waals surface area contributed by atoms with Crippen LogP contribution in [0, 0.1) is 0 Å². The van der Waals surface area contributed by atoms with E-state index in [-0.39, 0.29) is 31.2 Å². The molecule has 0 spiro atoms. The van der Waals surface area contributed by atoms with Gasteiger partial charge in [-0.3, -0.25) is 0 Å². The van der Waals surface area contributed by atoms with E-state index in [1.165, 1.54) is 12.1 Å². The number of hydrogen-bond donors (Lipinski definition) is 0. The summed E-state index contributed by atoms with van der Waals surface area (Å²) in [5, 5.41) is 0.612. The topological polar surface area (TPSA) is 0 Å². The molecule has 0 aromatic heterocycles. The average Bonchev–Trinajstić information content (AvgIpc) is 2.33. The van der Waals surface area contributed by atoms with E-state index in [4.69, 9.17) is 46.4 Å². The van der Waals surface area contributed by atoms with Crippen LogP contribution in [0.2, 0.25) is 20.1 Å². The molecule has 2 aromatic rings. The second kappa shape index (κ2) is 5.64. The van der Waals surface area contributed by atoms with Gasteiger partial charge in [-0.05, 0) is 30.3 Å². The maximum absolute atomic E-state index is 12.7. The van der Waals surface area contributed by atoms with Crippen molar-refractivity contribution in [3.05, 3.63) is 56.0 Å². The summed E-state index contributed by atoms with van der Waals surface area (Å²) in [5.41, 5.74) is -0.458. The Balaban J connectivity index is 2.70. The van der Waals surface area contributed by atoms with Gasteiger partial charge in [0.1, 0.15) is 0 Å². The minimum atomic E-state index is -4.48. The fourth-order valence-corrected chi connectivity index (χ4v) is 2.58. The largest absolute Gasteiger partial charge is 0.416 e. The van der Waals surface area contributed by atoms with Gasteiger partial charge in [-0.1, -0.05) is 46.4 Å². The van der Waals surface area contributed by atoms with Crippen LogP contribution in [-0.4, -0.2) is 0 Å². The summed E-state index contributed by atoms with van der Waals surface area (Å²) in [4.78, 5) is 0. The monoisotopic (exact) mass is 358 g/mol. The van der Waals surface area contributed by atoms with Gasteiger partial charge in [0.05, 0.1) is 15.6 Å². The predicted molar refractivity (Wildman–Crippen MR) is 76.9 cm³/mol. The first-order valence-corrected chi connectivity index (χ1v) is 6.73. The van der Waals surface area contributed by atoms with E-state index in [0.29, 0.717) is 0 Å². The molecule has 0 bridgehead atoms. The van der Waals surface area contributed by atoms with Gasteiger partial charge < -0.3 is 0 Å². The Morgan fingerprint density at radius 2 is 1.40 bits per heavy atom. The van der Waals surface area contributed by atoms with E-state index < -0.39 is 11.7 Å². The molecule has 20 heavy (non-hydrogen) atoms. The second-order valence-electron chi connectivity index (χ2n) is 3.94. The number of halogens is 7. The third-order valence-corrected chi connectivity index (χ3v) is 3.93. The van der Waals surface area contributed by atoms with Crippen molar-refractivity contribution < 1.29 is 13.2 Å². The fourth-order valence-electron chi connectivity index (χ4n) is 1.66. The molecule has 0 atom stereocenters. The zero-order valence-electron chi connectivity index (χ0n) is 9.53. The summed E-state index contributed by atoms with van der Waals surface area (Å²) in [6.45, 7) is 0. The summed E-state index contributed by atoms with van der Waals surface area (Å²) >= 11 is 23.7. The molecule has 0 aliphatic rings. The van der Waals surface area contributed by atoms with Crippen LogP contribution in [0.3, 0.4) is 0 Å². The Hall–Kier alpha value is -0.610. The molecular weight excluding hydrogens is 355 g/mol. The molecule has 0 radical (unpaired) electrons. The minimum absolute atomic E-state index is 0.0947. The van der Waals surface area contributed by atoms with Crippen molar-refractivity contribution in [3.63, 3.8) is 0 Å². The summed E-state index contributed by atoms with van der Waals surface area (Å²) in [6, 6.07) is 5.78. The Kier molecular flexibility index (Phi) is 4.45. The second-order valence-corrected chi connectivity index (χ2v) is 5.57. The quantitative estimate of drug-likeness (QED) is 0.481. The first-order valence-electron chi connectivity index (χ1n) is 5.22. The van der Waals surface area contributed by atoms with Gasteiger partial charge in [-0.2, -0.15) is 13.2 Å². The van der Waals surface area contributed by atoms with Gasteiger partial charge in [-0.25, -0.2) is 0 Å². The smallest absolute Gasteiger partial charge is 0.166 e. The summed E-state index contributed by atoms with van der Waals surface area (Å²) in [6.07, 6.45) is -4.48. The van der Waals surface area contributed by atoms with E-state index >= 15 is 0 Å². The van der Waals surface area contributed by atoms with Crippen LogP contribution in [0.25, 0.3) is 11.1 Å². The molecular formula is C13H5Cl4F3. The lowest BCUT2D eigenvalue weighted by Crippen LogP contribution is -2.04. The van der Waals surface area contributed by atoms with Crippen LogP contribution in [0.4, 0.5) is 13.2 Å². The zero-order valence-corrected chi connectivity index (χ0v) is 12.6. The molecule has 106 valence electrons. The van der Waals surface area contributed by atoms with E-state index in [2.05, 4.69) is 0 Å². The summed E-state index contributed by atoms with van der Waals surface area (Å²) < 4.78 is 38.2. The Morgan fingerprint density at radius 1 is 0.750 bits per heavy atom. The van der Waals surface area contributed by atoms with E-state index in [1.54, 1.807) is 0 Å². The number of hydrogen-bond acceptors (Lipinski definition) is 0. The van der Waals surface area contributed by atoms with Crippen LogP contribution in [0.5, 0.6) is 0 Å². The SMILES string of the molecule is FC(F)(F)c1ccc(Cl)c(-c2cc(Cl)cc(Cl)c2Cl)c1. The van der Waals surface area contributed by atoms with Crippen molar-refractivity contribution >= 4 is 46.4 Å². The Labute approximate surface area is 133 Å². The lowest BCUT2D eigenvalue weighted by Gasteiger charge is -2.13. The molecule has 0 fully saturated rings. The van der Waals surface area contributed by atoms with Crippen molar-refractivity contribution in [3.8, 4) is 11.1 Å². The number of rotatable bonds is 1. The molecule has 7 heteroatoms. The fraction of sp³-hybridized carbons (Fsp3) is 0.0769. The summed E-state index contributed by atoms with van der Waals surface area (Å²) in [7, 11) is 0. The molecule has 0 saturated carbocycles. The zero-order chi connectivity index (χ0) is 15.1. The van der Waals surface area contributed by atoms with Gasteiger partial charge in [0.2, 0.25) is 0 Å². The molecule has 2 rings (SSSR count). The molecule has 0 aliphatic heterocycles. The van der Waals surface area contributed by atoms with Crippen LogP contribution in [-0.2, 0) is 6.18 Å². The molecule has 0 heterocycles. The molecule has 0 aliphatic carbocycles. The normalized spacial score (nSPS) is 11.8. The van der Waals surface area contributed by atoms with Crippen molar-refractivity contribution in [2.45, 2.75) is 6.18 Å². The van der Waals surface area contributed by atoms with E-state index in [9.17, 15) is 13.2 Å². The lowest BCUT2D eigenvalue weighted by molar-refractivity contribution is -0.137. The third-order valence-electron chi connectivity index (χ3n) is 2.58. The molecule has 0 nitrogen and oxygen atoms in total. The highest BCUT2D eigenvalue weighted by atomic mass is 35.5. The highest BCUT2D eigenvalue weighted by molar-refractivity contribution is 6.45. The van der Waals surface area contributed by atoms with Crippen LogP contribution in [0.1, 0.15) is 5.56 Å². The first kappa shape index (κ1) is 15.8. The van der Waals surface area contributed by atoms with Crippen LogP contribution in [0.15, 0.2) is 30.3 Å². The van der Waals surface area contributed by atoms with Gasteiger partial charge >= 0.3 is 6.18 Å². The van der Waals surface area contributed by atoms with Gasteiger partial charge in [0.15, 0.2) is 0 Å². The number of alkyl halides is 3. The van der Waals surface area contributed by atoms with Gasteiger partial charge in [-0.15, -0.1) is 0 Å². The molecule has 0 N–H and O–H groups in total. The highest BCUT2D eigenvalue weighted by Gasteiger charge is 2.31. The molecule has 2 aromatic carbocycles. The lowest BCUT2D eigenvalue weighted by atomic mass is 10.0. The molecule has 0 saturated heterocycles. The Morgan fingerprint density at radius 3 is 2.00 bits per heavy atom. The standard InChI is InChI=1S/C13H5Cl4F3/c14-7-4-9(12(17)11(16)5-7)8-3-6(13(18,19)20)1-2-10(8)15/h1-5H. The van der Waals surface area contributed by atoms with Crippen molar-refractivity contribution in [1.82, 2.24) is 0 Å². The first-order chi connectivity index (χ1) is 9.20. The van der Waals surface area contributed by atoms with Crippen LogP contribution >= 0.6 is 46.4 Å². The highest BCUT2D eigenvalue weighted by Crippen LogP contribution is 2.41. The van der Waals surface area contributed by atoms with E-state index in [1.807, 2.05) is 0 Å². The number of benzene rings is 2. The summed E-state index contributed by atoms with van der Waals surface area (Å²) in [5.74, 6) is 0. The maximum Gasteiger partial charge on any atom is 0.416 e. The van der Waals surface area contributed by atoms with Crippen molar-refractivity contribution in [1.29, 1.82) is 0 Å². The predicted octanol–water partition coefficient (Wildman–Crippen LogP) is 6.99. The maximum atomic E-state index is 12.7. The van der Waals surface area contributed by atoms with Crippen molar-refractivity contribution in [2.75, 3.05) is 0 Å². The van der Waals surface area contributed by atoms with Crippen molar-refractivity contribution in [2.24, 2.45) is 0 Å². The average molecular weight is 360 g/mol. The van der Waals surface area contributed by atoms with Gasteiger partial charge in [0.25, 0.3) is 0 Å². The van der Waals surface area contributed by atoms with E-state index in [0.717, 1.165) is 18.2 Å². The van der Waals surface area contributed by atoms with Gasteiger partial charge in [0, 0.05) is 21.2 Å².